The van der Waals surface area contributed by atoms with Gasteiger partial charge in [-0.05, 0) is 52.7 Å². The zero-order chi connectivity index (χ0) is 15.9. The molecule has 0 aliphatic carbocycles. The maximum absolute atomic E-state index is 2.48. The third-order valence-electron chi connectivity index (χ3n) is 5.84. The predicted octanol–water partition coefficient (Wildman–Crippen LogP) is 5.65. The van der Waals surface area contributed by atoms with E-state index in [0.29, 0.717) is 11.6 Å². The van der Waals surface area contributed by atoms with Gasteiger partial charge >= 0.3 is 0 Å². The van der Waals surface area contributed by atoms with Crippen molar-refractivity contribution < 1.29 is 0 Å². The smallest absolute Gasteiger partial charge is 0.108 e. The van der Waals surface area contributed by atoms with Gasteiger partial charge in [0.25, 0.3) is 0 Å². The van der Waals surface area contributed by atoms with Crippen molar-refractivity contribution >= 4 is 14.6 Å². The van der Waals surface area contributed by atoms with Gasteiger partial charge in [-0.1, -0.05) is 54.2 Å². The summed E-state index contributed by atoms with van der Waals surface area (Å²) in [6.45, 7) is 18.3. The average Bonchev–Trinajstić information content (AvgIpc) is 2.44. The molecule has 0 saturated heterocycles. The van der Waals surface area contributed by atoms with Crippen LogP contribution in [0.5, 0.6) is 0 Å². The van der Waals surface area contributed by atoms with Crippen LogP contribution >= 0.6 is 0 Å². The molecular weight excluding hydrogens is 250 g/mol. The molecule has 2 atom stereocenters. The SMILES string of the molecule is CC1=C(C)C(C)=C(CC2=C(C)C(C)=C(C)C(C)[B]2)C(C)[B]1. The Morgan fingerprint density at radius 1 is 0.714 bits per heavy atom. The lowest BCUT2D eigenvalue weighted by Crippen LogP contribution is -2.19. The van der Waals surface area contributed by atoms with Gasteiger partial charge in [0.2, 0.25) is 0 Å². The molecule has 0 nitrogen and oxygen atoms in total. The van der Waals surface area contributed by atoms with E-state index in [-0.39, 0.29) is 0 Å². The minimum Gasteiger partial charge on any atom is -0.108 e. The fourth-order valence-corrected chi connectivity index (χ4v) is 3.60. The summed E-state index contributed by atoms with van der Waals surface area (Å²) < 4.78 is 0. The largest absolute Gasteiger partial charge is 0.154 e. The van der Waals surface area contributed by atoms with E-state index in [4.69, 9.17) is 0 Å². The van der Waals surface area contributed by atoms with E-state index in [1.165, 1.54) is 38.8 Å². The van der Waals surface area contributed by atoms with Gasteiger partial charge in [0.05, 0.1) is 0 Å². The van der Waals surface area contributed by atoms with Gasteiger partial charge in [0.1, 0.15) is 0 Å². The van der Waals surface area contributed by atoms with Crippen LogP contribution in [-0.2, 0) is 0 Å². The Bertz CT molecular complexity index is 585. The molecule has 2 aliphatic heterocycles. The highest BCUT2D eigenvalue weighted by Crippen LogP contribution is 2.40. The summed E-state index contributed by atoms with van der Waals surface area (Å²) in [6, 6.07) is 0. The number of hydrogen-bond acceptors (Lipinski definition) is 0. The van der Waals surface area contributed by atoms with Crippen LogP contribution in [0.25, 0.3) is 0 Å². The summed E-state index contributed by atoms with van der Waals surface area (Å²) >= 11 is 0. The molecule has 0 spiro atoms. The van der Waals surface area contributed by atoms with Crippen LogP contribution < -0.4 is 0 Å². The lowest BCUT2D eigenvalue weighted by molar-refractivity contribution is 0.931. The molecule has 0 fully saturated rings. The third kappa shape index (κ3) is 3.00. The Morgan fingerprint density at radius 2 is 1.33 bits per heavy atom. The first-order chi connectivity index (χ1) is 9.73. The summed E-state index contributed by atoms with van der Waals surface area (Å²) in [5, 5.41) is 0. The van der Waals surface area contributed by atoms with Gasteiger partial charge in [0.15, 0.2) is 14.6 Å². The molecule has 0 saturated carbocycles. The normalized spacial score (nSPS) is 27.2. The van der Waals surface area contributed by atoms with E-state index in [0.717, 1.165) is 6.42 Å². The lowest BCUT2D eigenvalue weighted by Gasteiger charge is -2.31. The molecule has 0 aromatic rings. The van der Waals surface area contributed by atoms with Crippen molar-refractivity contribution in [1.29, 1.82) is 0 Å². The van der Waals surface area contributed by atoms with E-state index in [2.05, 4.69) is 69.9 Å². The van der Waals surface area contributed by atoms with Crippen LogP contribution in [0, 0.1) is 0 Å². The van der Waals surface area contributed by atoms with Crippen molar-refractivity contribution in [1.82, 2.24) is 0 Å². The average molecular weight is 278 g/mol. The fourth-order valence-electron chi connectivity index (χ4n) is 3.60. The minimum absolute atomic E-state index is 0.560. The van der Waals surface area contributed by atoms with E-state index in [9.17, 15) is 0 Å². The monoisotopic (exact) mass is 278 g/mol. The zero-order valence-electron chi connectivity index (χ0n) is 15.0. The fraction of sp³-hybridized carbons (Fsp3) is 0.579. The zero-order valence-corrected chi connectivity index (χ0v) is 15.0. The summed E-state index contributed by atoms with van der Waals surface area (Å²) in [4.78, 5) is 0. The maximum atomic E-state index is 2.48. The van der Waals surface area contributed by atoms with Crippen LogP contribution in [0.4, 0.5) is 0 Å². The summed E-state index contributed by atoms with van der Waals surface area (Å²) in [5.74, 6) is 1.14. The highest BCUT2D eigenvalue weighted by atomic mass is 14.2. The second kappa shape index (κ2) is 6.07. The van der Waals surface area contributed by atoms with Gasteiger partial charge in [0, 0.05) is 0 Å². The van der Waals surface area contributed by atoms with Crippen molar-refractivity contribution in [3.8, 4) is 0 Å². The molecule has 2 unspecified atom stereocenters. The Morgan fingerprint density at radius 3 is 1.95 bits per heavy atom. The first-order valence-electron chi connectivity index (χ1n) is 8.18. The summed E-state index contributed by atoms with van der Waals surface area (Å²) in [5.41, 5.74) is 12.1. The van der Waals surface area contributed by atoms with Gasteiger partial charge < -0.3 is 0 Å². The highest BCUT2D eigenvalue weighted by Gasteiger charge is 2.26. The number of allylic oxidation sites excluding steroid dienone is 8. The Hall–Kier alpha value is -0.910. The molecule has 21 heavy (non-hydrogen) atoms. The van der Waals surface area contributed by atoms with E-state index in [1.54, 1.807) is 5.57 Å². The summed E-state index contributed by atoms with van der Waals surface area (Å²) in [6.07, 6.45) is 1.11. The Balaban J connectivity index is 2.38. The van der Waals surface area contributed by atoms with Crippen LogP contribution in [0.15, 0.2) is 44.4 Å². The quantitative estimate of drug-likeness (QED) is 0.572. The molecule has 0 aromatic heterocycles. The maximum Gasteiger partial charge on any atom is 0.154 e. The first kappa shape index (κ1) is 16.5. The molecular formula is C19H28B2. The Kier molecular flexibility index (Phi) is 4.76. The minimum atomic E-state index is 0.560. The van der Waals surface area contributed by atoms with Crippen molar-refractivity contribution in [2.24, 2.45) is 0 Å². The third-order valence-corrected chi connectivity index (χ3v) is 5.84. The molecule has 2 radical (unpaired) electrons. The Labute approximate surface area is 133 Å². The van der Waals surface area contributed by atoms with Gasteiger partial charge in [-0.25, -0.2) is 0 Å². The van der Waals surface area contributed by atoms with Crippen molar-refractivity contribution in [2.75, 3.05) is 0 Å². The molecule has 0 amide bonds. The molecule has 2 aliphatic rings. The van der Waals surface area contributed by atoms with Crippen molar-refractivity contribution in [3.05, 3.63) is 44.4 Å². The molecule has 0 N–H and O–H groups in total. The van der Waals surface area contributed by atoms with E-state index < -0.39 is 0 Å². The standard InChI is InChI=1S/C19H28B2/c1-10-11(2)16(7)21-19(14(10)5)9-18-13(4)12(3)15(6)20-17(18)8/h16-17H,9H2,1-8H3. The van der Waals surface area contributed by atoms with Gasteiger partial charge in [-0.2, -0.15) is 0 Å². The first-order valence-corrected chi connectivity index (χ1v) is 8.18. The lowest BCUT2D eigenvalue weighted by atomic mass is 9.47. The topological polar surface area (TPSA) is 0 Å². The molecule has 0 aromatic carbocycles. The van der Waals surface area contributed by atoms with E-state index in [1.807, 2.05) is 0 Å². The number of rotatable bonds is 2. The highest BCUT2D eigenvalue weighted by molar-refractivity contribution is 6.50. The second-order valence-corrected chi connectivity index (χ2v) is 7.00. The summed E-state index contributed by atoms with van der Waals surface area (Å²) in [7, 11) is 4.90. The number of hydrogen-bond donors (Lipinski definition) is 0. The van der Waals surface area contributed by atoms with E-state index >= 15 is 0 Å². The van der Waals surface area contributed by atoms with Gasteiger partial charge in [-0.15, -0.1) is 10.9 Å². The van der Waals surface area contributed by atoms with Gasteiger partial charge in [-0.3, -0.25) is 0 Å². The van der Waals surface area contributed by atoms with Crippen LogP contribution in [0.3, 0.4) is 0 Å². The van der Waals surface area contributed by atoms with Crippen molar-refractivity contribution in [2.45, 2.75) is 73.4 Å². The van der Waals surface area contributed by atoms with Crippen molar-refractivity contribution in [3.63, 3.8) is 0 Å². The second-order valence-electron chi connectivity index (χ2n) is 7.00. The predicted molar refractivity (Wildman–Crippen MR) is 97.1 cm³/mol. The van der Waals surface area contributed by atoms with Crippen LogP contribution in [0.1, 0.15) is 61.8 Å². The molecule has 2 rings (SSSR count). The molecule has 2 heterocycles. The molecule has 0 bridgehead atoms. The van der Waals surface area contributed by atoms with Crippen LogP contribution in [-0.4, -0.2) is 14.6 Å². The van der Waals surface area contributed by atoms with Crippen LogP contribution in [0.2, 0.25) is 11.6 Å². The molecule has 2 heteroatoms. The molecule has 110 valence electrons.